The van der Waals surface area contributed by atoms with E-state index in [1.807, 2.05) is 0 Å². The summed E-state index contributed by atoms with van der Waals surface area (Å²) < 4.78 is 22.4. The molecule has 1 N–H and O–H groups in total. The van der Waals surface area contributed by atoms with Gasteiger partial charge in [0.25, 0.3) is 5.91 Å². The summed E-state index contributed by atoms with van der Waals surface area (Å²) >= 11 is 0. The SMILES string of the molecule is CCOC(=O)C(NC(=O)c1cncc(F)c1)C(=O)OCC. The Kier molecular flexibility index (Phi) is 6.25. The van der Waals surface area contributed by atoms with Crippen LogP contribution in [0.4, 0.5) is 4.39 Å². The van der Waals surface area contributed by atoms with Crippen LogP contribution in [0.25, 0.3) is 0 Å². The van der Waals surface area contributed by atoms with Gasteiger partial charge in [-0.1, -0.05) is 0 Å². The van der Waals surface area contributed by atoms with Gasteiger partial charge in [-0.05, 0) is 19.9 Å². The Morgan fingerprint density at radius 1 is 1.19 bits per heavy atom. The zero-order chi connectivity index (χ0) is 15.8. The van der Waals surface area contributed by atoms with Gasteiger partial charge >= 0.3 is 11.9 Å². The van der Waals surface area contributed by atoms with E-state index >= 15 is 0 Å². The van der Waals surface area contributed by atoms with Crippen LogP contribution in [0.15, 0.2) is 18.5 Å². The van der Waals surface area contributed by atoms with Gasteiger partial charge < -0.3 is 14.8 Å². The van der Waals surface area contributed by atoms with E-state index in [4.69, 9.17) is 0 Å². The van der Waals surface area contributed by atoms with Crippen molar-refractivity contribution in [2.24, 2.45) is 0 Å². The van der Waals surface area contributed by atoms with E-state index in [9.17, 15) is 18.8 Å². The number of rotatable bonds is 6. The van der Waals surface area contributed by atoms with Gasteiger partial charge in [0.05, 0.1) is 25.0 Å². The van der Waals surface area contributed by atoms with Gasteiger partial charge in [0, 0.05) is 6.20 Å². The van der Waals surface area contributed by atoms with Crippen molar-refractivity contribution in [2.45, 2.75) is 19.9 Å². The average molecular weight is 298 g/mol. The van der Waals surface area contributed by atoms with Crippen LogP contribution in [0.5, 0.6) is 0 Å². The van der Waals surface area contributed by atoms with Gasteiger partial charge in [0.15, 0.2) is 0 Å². The second-order valence-electron chi connectivity index (χ2n) is 3.80. The number of hydrogen-bond acceptors (Lipinski definition) is 6. The first-order chi connectivity index (χ1) is 9.99. The Morgan fingerprint density at radius 3 is 2.24 bits per heavy atom. The predicted molar refractivity (Wildman–Crippen MR) is 68.7 cm³/mol. The first-order valence-electron chi connectivity index (χ1n) is 6.24. The van der Waals surface area contributed by atoms with Gasteiger partial charge in [-0.25, -0.2) is 14.0 Å². The fraction of sp³-hybridized carbons (Fsp3) is 0.385. The highest BCUT2D eigenvalue weighted by Gasteiger charge is 2.31. The zero-order valence-electron chi connectivity index (χ0n) is 11.6. The fourth-order valence-electron chi connectivity index (χ4n) is 1.42. The molecule has 0 saturated heterocycles. The van der Waals surface area contributed by atoms with E-state index in [1.54, 1.807) is 13.8 Å². The molecule has 0 spiro atoms. The molecule has 0 saturated carbocycles. The Labute approximate surface area is 120 Å². The number of halogens is 1. The molecule has 0 aliphatic rings. The lowest BCUT2D eigenvalue weighted by molar-refractivity contribution is -0.157. The van der Waals surface area contributed by atoms with Crippen molar-refractivity contribution in [2.75, 3.05) is 13.2 Å². The van der Waals surface area contributed by atoms with Gasteiger partial charge in [-0.2, -0.15) is 0 Å². The summed E-state index contributed by atoms with van der Waals surface area (Å²) in [5.41, 5.74) is -0.131. The van der Waals surface area contributed by atoms with Gasteiger partial charge in [0.2, 0.25) is 6.04 Å². The van der Waals surface area contributed by atoms with Crippen LogP contribution in [0.2, 0.25) is 0 Å². The lowest BCUT2D eigenvalue weighted by Crippen LogP contribution is -2.48. The van der Waals surface area contributed by atoms with E-state index < -0.39 is 29.7 Å². The second-order valence-corrected chi connectivity index (χ2v) is 3.80. The first kappa shape index (κ1) is 16.5. The normalized spacial score (nSPS) is 10.1. The highest BCUT2D eigenvalue weighted by Crippen LogP contribution is 2.03. The predicted octanol–water partition coefficient (Wildman–Crippen LogP) is 0.445. The van der Waals surface area contributed by atoms with Crippen LogP contribution in [0.3, 0.4) is 0 Å². The molecule has 1 amide bonds. The number of carbonyl (C=O) groups excluding carboxylic acids is 3. The molecule has 0 bridgehead atoms. The van der Waals surface area contributed by atoms with Crippen LogP contribution in [0, 0.1) is 5.82 Å². The smallest absolute Gasteiger partial charge is 0.340 e. The zero-order valence-corrected chi connectivity index (χ0v) is 11.6. The lowest BCUT2D eigenvalue weighted by Gasteiger charge is -2.15. The molecule has 1 rings (SSSR count). The molecule has 1 aromatic rings. The number of hydrogen-bond donors (Lipinski definition) is 1. The maximum Gasteiger partial charge on any atom is 0.340 e. The standard InChI is InChI=1S/C13H15FN2O5/c1-3-20-12(18)10(13(19)21-4-2)16-11(17)8-5-9(14)7-15-6-8/h5-7,10H,3-4H2,1-2H3,(H,16,17). The number of amides is 1. The Hall–Kier alpha value is -2.51. The van der Waals surface area contributed by atoms with Gasteiger partial charge in [-0.3, -0.25) is 9.78 Å². The van der Waals surface area contributed by atoms with Crippen molar-refractivity contribution in [3.05, 3.63) is 29.8 Å². The van der Waals surface area contributed by atoms with E-state index in [-0.39, 0.29) is 18.8 Å². The number of esters is 2. The van der Waals surface area contributed by atoms with Crippen LogP contribution in [0.1, 0.15) is 24.2 Å². The monoisotopic (exact) mass is 298 g/mol. The second kappa shape index (κ2) is 7.93. The minimum atomic E-state index is -1.61. The largest absolute Gasteiger partial charge is 0.464 e. The molecule has 0 aliphatic heterocycles. The van der Waals surface area contributed by atoms with E-state index in [0.717, 1.165) is 18.5 Å². The van der Waals surface area contributed by atoms with Gasteiger partial charge in [0.1, 0.15) is 5.82 Å². The van der Waals surface area contributed by atoms with Crippen molar-refractivity contribution in [1.29, 1.82) is 0 Å². The number of nitrogens with zero attached hydrogens (tertiary/aromatic N) is 1. The number of ether oxygens (including phenoxy) is 2. The molecular formula is C13H15FN2O5. The van der Waals surface area contributed by atoms with Crippen molar-refractivity contribution < 1.29 is 28.2 Å². The molecule has 8 heteroatoms. The molecule has 114 valence electrons. The van der Waals surface area contributed by atoms with Crippen LogP contribution >= 0.6 is 0 Å². The molecule has 0 atom stereocenters. The molecule has 0 radical (unpaired) electrons. The third-order valence-corrected chi connectivity index (χ3v) is 2.29. The maximum absolute atomic E-state index is 13.0. The summed E-state index contributed by atoms with van der Waals surface area (Å²) in [5.74, 6) is -3.46. The molecule has 0 unspecified atom stereocenters. The summed E-state index contributed by atoms with van der Waals surface area (Å²) in [5, 5.41) is 2.13. The molecule has 7 nitrogen and oxygen atoms in total. The maximum atomic E-state index is 13.0. The summed E-state index contributed by atoms with van der Waals surface area (Å²) in [6.45, 7) is 3.18. The Morgan fingerprint density at radius 2 is 1.76 bits per heavy atom. The number of pyridine rings is 1. The number of aromatic nitrogens is 1. The third kappa shape index (κ3) is 4.83. The topological polar surface area (TPSA) is 94.6 Å². The van der Waals surface area contributed by atoms with Crippen LogP contribution in [-0.2, 0) is 19.1 Å². The van der Waals surface area contributed by atoms with Crippen molar-refractivity contribution >= 4 is 17.8 Å². The fourth-order valence-corrected chi connectivity index (χ4v) is 1.42. The summed E-state index contributed by atoms with van der Waals surface area (Å²) in [6.07, 6.45) is 2.02. The molecular weight excluding hydrogens is 283 g/mol. The summed E-state index contributed by atoms with van der Waals surface area (Å²) in [6, 6.07) is -0.684. The highest BCUT2D eigenvalue weighted by molar-refractivity contribution is 6.05. The quantitative estimate of drug-likeness (QED) is 0.605. The first-order valence-corrected chi connectivity index (χ1v) is 6.24. The minimum Gasteiger partial charge on any atom is -0.464 e. The summed E-state index contributed by atoms with van der Waals surface area (Å²) in [4.78, 5) is 38.7. The molecule has 21 heavy (non-hydrogen) atoms. The van der Waals surface area contributed by atoms with Crippen molar-refractivity contribution in [1.82, 2.24) is 10.3 Å². The minimum absolute atomic E-state index is 0.0339. The number of nitrogens with one attached hydrogen (secondary N) is 1. The van der Waals surface area contributed by atoms with Crippen LogP contribution in [-0.4, -0.2) is 42.1 Å². The highest BCUT2D eigenvalue weighted by atomic mass is 19.1. The van der Waals surface area contributed by atoms with E-state index in [2.05, 4.69) is 19.8 Å². The van der Waals surface area contributed by atoms with Crippen molar-refractivity contribution in [3.8, 4) is 0 Å². The molecule has 1 aromatic heterocycles. The lowest BCUT2D eigenvalue weighted by atomic mass is 10.2. The molecule has 0 aromatic carbocycles. The number of carbonyl (C=O) groups is 3. The molecule has 0 aliphatic carbocycles. The summed E-state index contributed by atoms with van der Waals surface area (Å²) in [7, 11) is 0. The van der Waals surface area contributed by atoms with Gasteiger partial charge in [-0.15, -0.1) is 0 Å². The molecule has 1 heterocycles. The van der Waals surface area contributed by atoms with E-state index in [1.165, 1.54) is 0 Å². The van der Waals surface area contributed by atoms with E-state index in [0.29, 0.717) is 0 Å². The Balaban J connectivity index is 2.87. The third-order valence-electron chi connectivity index (χ3n) is 2.29. The van der Waals surface area contributed by atoms with Crippen molar-refractivity contribution in [3.63, 3.8) is 0 Å². The van der Waals surface area contributed by atoms with Crippen LogP contribution < -0.4 is 5.32 Å². The Bertz CT molecular complexity index is 517. The average Bonchev–Trinajstić information content (AvgIpc) is 2.44. The molecule has 0 fully saturated rings.